The van der Waals surface area contributed by atoms with Gasteiger partial charge in [0.1, 0.15) is 6.04 Å². The number of hydrazine groups is 1. The molecule has 0 unspecified atom stereocenters. The van der Waals surface area contributed by atoms with E-state index in [9.17, 15) is 19.6 Å². The van der Waals surface area contributed by atoms with Crippen LogP contribution < -0.4 is 10.9 Å². The average Bonchev–Trinajstić information content (AvgIpc) is 2.61. The molecule has 2 atom stereocenters. The fourth-order valence-electron chi connectivity index (χ4n) is 2.23. The Morgan fingerprint density at radius 3 is 2.63 bits per heavy atom. The van der Waals surface area contributed by atoms with Crippen LogP contribution in [0.2, 0.25) is 0 Å². The predicted octanol–water partition coefficient (Wildman–Crippen LogP) is -1.05. The summed E-state index contributed by atoms with van der Waals surface area (Å²) in [6, 6.07) is -1.93. The standard InChI is InChI=1S/C10H17N5O4/c1-13(2)9(17)12-11-8(16)7-4-3-6-5-14(7)10(18)15(6)19/h6-7,19H,3-5H2,1-2H3,(H,11,16)(H,12,17)/t6-,7+/m1/s1. The van der Waals surface area contributed by atoms with E-state index < -0.39 is 24.0 Å². The van der Waals surface area contributed by atoms with Crippen molar-refractivity contribution in [3.63, 3.8) is 0 Å². The molecule has 0 spiro atoms. The summed E-state index contributed by atoms with van der Waals surface area (Å²) in [5, 5.41) is 10.2. The molecule has 2 bridgehead atoms. The highest BCUT2D eigenvalue weighted by Gasteiger charge is 2.46. The van der Waals surface area contributed by atoms with E-state index >= 15 is 0 Å². The van der Waals surface area contributed by atoms with Crippen LogP contribution in [-0.4, -0.2) is 70.8 Å². The Hall–Kier alpha value is -2.03. The Morgan fingerprint density at radius 1 is 1.32 bits per heavy atom. The summed E-state index contributed by atoms with van der Waals surface area (Å²) in [5.74, 6) is -0.461. The Kier molecular flexibility index (Phi) is 3.47. The smallest absolute Gasteiger partial charge is 0.330 e. The van der Waals surface area contributed by atoms with E-state index in [-0.39, 0.29) is 6.04 Å². The van der Waals surface area contributed by atoms with Gasteiger partial charge in [0.25, 0.3) is 5.91 Å². The van der Waals surface area contributed by atoms with Crippen LogP contribution in [0.4, 0.5) is 9.59 Å². The molecule has 2 aliphatic rings. The van der Waals surface area contributed by atoms with Gasteiger partial charge < -0.3 is 9.80 Å². The lowest BCUT2D eigenvalue weighted by molar-refractivity contribution is -0.126. The van der Waals surface area contributed by atoms with Gasteiger partial charge >= 0.3 is 12.1 Å². The van der Waals surface area contributed by atoms with Crippen LogP contribution in [0.1, 0.15) is 12.8 Å². The first kappa shape index (κ1) is 13.4. The van der Waals surface area contributed by atoms with Crippen molar-refractivity contribution in [3.8, 4) is 0 Å². The summed E-state index contributed by atoms with van der Waals surface area (Å²) in [6.07, 6.45) is 1.01. The van der Waals surface area contributed by atoms with Crippen molar-refractivity contribution in [1.82, 2.24) is 25.7 Å². The van der Waals surface area contributed by atoms with Gasteiger partial charge in [-0.15, -0.1) is 0 Å². The highest BCUT2D eigenvalue weighted by atomic mass is 16.5. The van der Waals surface area contributed by atoms with Crippen molar-refractivity contribution < 1.29 is 19.6 Å². The summed E-state index contributed by atoms with van der Waals surface area (Å²) >= 11 is 0. The monoisotopic (exact) mass is 271 g/mol. The molecule has 0 aliphatic carbocycles. The summed E-state index contributed by atoms with van der Waals surface area (Å²) < 4.78 is 0. The van der Waals surface area contributed by atoms with E-state index in [1.165, 1.54) is 9.80 Å². The Bertz CT molecular complexity index is 413. The lowest BCUT2D eigenvalue weighted by atomic mass is 10.0. The van der Waals surface area contributed by atoms with Crippen LogP contribution in [0.15, 0.2) is 0 Å². The van der Waals surface area contributed by atoms with Gasteiger partial charge in [0.05, 0.1) is 6.04 Å². The van der Waals surface area contributed by atoms with Gasteiger partial charge in [-0.3, -0.25) is 15.4 Å². The maximum atomic E-state index is 11.9. The molecule has 5 amide bonds. The second-order valence-corrected chi connectivity index (χ2v) is 4.84. The van der Waals surface area contributed by atoms with Gasteiger partial charge in [0.2, 0.25) is 0 Å². The van der Waals surface area contributed by atoms with E-state index in [2.05, 4.69) is 10.9 Å². The van der Waals surface area contributed by atoms with Crippen LogP contribution in [0, 0.1) is 0 Å². The van der Waals surface area contributed by atoms with Crippen molar-refractivity contribution >= 4 is 18.0 Å². The lowest BCUT2D eigenvalue weighted by Gasteiger charge is -2.29. The summed E-state index contributed by atoms with van der Waals surface area (Å²) in [5.41, 5.74) is 4.51. The van der Waals surface area contributed by atoms with E-state index in [0.717, 1.165) is 0 Å². The SMILES string of the molecule is CN(C)C(=O)NNC(=O)[C@@H]1CC[C@@H]2CN1C(=O)N2O. The van der Waals surface area contributed by atoms with E-state index in [0.29, 0.717) is 24.4 Å². The summed E-state index contributed by atoms with van der Waals surface area (Å²) in [7, 11) is 3.08. The van der Waals surface area contributed by atoms with Crippen molar-refractivity contribution in [2.45, 2.75) is 24.9 Å². The molecule has 3 N–H and O–H groups in total. The van der Waals surface area contributed by atoms with E-state index in [1.807, 2.05) is 0 Å². The molecule has 0 aromatic rings. The largest absolute Gasteiger partial charge is 0.344 e. The fourth-order valence-corrected chi connectivity index (χ4v) is 2.23. The first-order valence-electron chi connectivity index (χ1n) is 5.97. The Balaban J connectivity index is 1.93. The Morgan fingerprint density at radius 2 is 2.00 bits per heavy atom. The van der Waals surface area contributed by atoms with E-state index in [4.69, 9.17) is 0 Å². The molecule has 106 valence electrons. The number of fused-ring (bicyclic) bond motifs is 2. The molecule has 2 rings (SSSR count). The van der Waals surface area contributed by atoms with Gasteiger partial charge in [0.15, 0.2) is 0 Å². The molecule has 2 saturated heterocycles. The highest BCUT2D eigenvalue weighted by Crippen LogP contribution is 2.28. The van der Waals surface area contributed by atoms with Crippen molar-refractivity contribution in [3.05, 3.63) is 0 Å². The predicted molar refractivity (Wildman–Crippen MR) is 62.9 cm³/mol. The van der Waals surface area contributed by atoms with Crippen LogP contribution in [-0.2, 0) is 4.79 Å². The number of carbonyl (C=O) groups excluding carboxylic acids is 3. The Labute approximate surface area is 110 Å². The van der Waals surface area contributed by atoms with Crippen LogP contribution in [0.25, 0.3) is 0 Å². The van der Waals surface area contributed by atoms with Crippen molar-refractivity contribution in [2.75, 3.05) is 20.6 Å². The molecule has 2 aliphatic heterocycles. The second kappa shape index (κ2) is 4.92. The zero-order valence-electron chi connectivity index (χ0n) is 10.8. The number of urea groups is 2. The minimum atomic E-state index is -0.664. The molecule has 0 aromatic heterocycles. The third kappa shape index (κ3) is 2.41. The molecule has 9 nitrogen and oxygen atoms in total. The minimum absolute atomic E-state index is 0.243. The molecule has 0 aromatic carbocycles. The number of hydroxylamine groups is 2. The summed E-state index contributed by atoms with van der Waals surface area (Å²) in [6.45, 7) is 0.328. The number of rotatable bonds is 1. The lowest BCUT2D eigenvalue weighted by Crippen LogP contribution is -2.55. The normalized spacial score (nSPS) is 25.3. The number of nitrogens with zero attached hydrogens (tertiary/aromatic N) is 3. The number of amides is 5. The first-order valence-corrected chi connectivity index (χ1v) is 5.97. The molecule has 9 heteroatoms. The molecular weight excluding hydrogens is 254 g/mol. The number of hydrogen-bond acceptors (Lipinski definition) is 4. The van der Waals surface area contributed by atoms with Gasteiger partial charge in [-0.25, -0.2) is 20.1 Å². The van der Waals surface area contributed by atoms with E-state index in [1.54, 1.807) is 14.1 Å². The molecular formula is C10H17N5O4. The molecule has 19 heavy (non-hydrogen) atoms. The van der Waals surface area contributed by atoms with Crippen molar-refractivity contribution in [2.24, 2.45) is 0 Å². The maximum absolute atomic E-state index is 11.9. The highest BCUT2D eigenvalue weighted by molar-refractivity contribution is 5.89. The molecule has 2 fully saturated rings. The first-order chi connectivity index (χ1) is 8.91. The zero-order valence-corrected chi connectivity index (χ0v) is 10.8. The molecule has 2 heterocycles. The third-order valence-corrected chi connectivity index (χ3v) is 3.35. The number of piperidine rings is 1. The van der Waals surface area contributed by atoms with Crippen LogP contribution in [0.5, 0.6) is 0 Å². The van der Waals surface area contributed by atoms with Gasteiger partial charge in [-0.1, -0.05) is 0 Å². The second-order valence-electron chi connectivity index (χ2n) is 4.84. The average molecular weight is 271 g/mol. The number of nitrogens with one attached hydrogen (secondary N) is 2. The van der Waals surface area contributed by atoms with Gasteiger partial charge in [-0.05, 0) is 12.8 Å². The minimum Gasteiger partial charge on any atom is -0.330 e. The van der Waals surface area contributed by atoms with Crippen molar-refractivity contribution in [1.29, 1.82) is 0 Å². The number of hydrogen-bond donors (Lipinski definition) is 3. The maximum Gasteiger partial charge on any atom is 0.344 e. The zero-order chi connectivity index (χ0) is 14.2. The van der Waals surface area contributed by atoms with Crippen LogP contribution in [0.3, 0.4) is 0 Å². The third-order valence-electron chi connectivity index (χ3n) is 3.35. The van der Waals surface area contributed by atoms with Gasteiger partial charge in [0, 0.05) is 20.6 Å². The van der Waals surface area contributed by atoms with Crippen LogP contribution >= 0.6 is 0 Å². The topological polar surface area (TPSA) is 105 Å². The quantitative estimate of drug-likeness (QED) is 0.418. The number of carbonyl (C=O) groups is 3. The van der Waals surface area contributed by atoms with Gasteiger partial charge in [-0.2, -0.15) is 0 Å². The molecule has 0 saturated carbocycles. The summed E-state index contributed by atoms with van der Waals surface area (Å²) in [4.78, 5) is 37.5. The molecule has 0 radical (unpaired) electrons. The fraction of sp³-hybridized carbons (Fsp3) is 0.700.